The lowest BCUT2D eigenvalue weighted by molar-refractivity contribution is -0.131. The molecular formula is C21H23N5O. The van der Waals surface area contributed by atoms with E-state index in [2.05, 4.69) is 35.0 Å². The smallest absolute Gasteiger partial charge is 0.261 e. The fraction of sp³-hybridized carbons (Fsp3) is 0.381. The number of fused-ring (bicyclic) bond motifs is 3. The number of rotatable bonds is 1. The second kappa shape index (κ2) is 6.46. The van der Waals surface area contributed by atoms with Crippen LogP contribution in [0.25, 0.3) is 0 Å². The summed E-state index contributed by atoms with van der Waals surface area (Å²) in [5, 5.41) is 6.37. The summed E-state index contributed by atoms with van der Waals surface area (Å²) in [7, 11) is 0. The highest BCUT2D eigenvalue weighted by atomic mass is 16.2. The summed E-state index contributed by atoms with van der Waals surface area (Å²) >= 11 is 0. The number of piperazine rings is 1. The van der Waals surface area contributed by atoms with Gasteiger partial charge in [0, 0.05) is 31.8 Å². The van der Waals surface area contributed by atoms with E-state index < -0.39 is 0 Å². The Kier molecular flexibility index (Phi) is 3.93. The van der Waals surface area contributed by atoms with Gasteiger partial charge in [-0.3, -0.25) is 4.79 Å². The van der Waals surface area contributed by atoms with Crippen molar-refractivity contribution >= 4 is 17.5 Å². The van der Waals surface area contributed by atoms with Gasteiger partial charge in [-0.05, 0) is 12.6 Å². The number of amides is 1. The summed E-state index contributed by atoms with van der Waals surface area (Å²) in [6, 6.07) is 0. The molecule has 3 aliphatic heterocycles. The lowest BCUT2D eigenvalue weighted by Crippen LogP contribution is -2.53. The number of hydrogen-bond acceptors (Lipinski definition) is 5. The van der Waals surface area contributed by atoms with Gasteiger partial charge in [0.05, 0.1) is 11.6 Å². The largest absolute Gasteiger partial charge is 0.355 e. The van der Waals surface area contributed by atoms with Crippen molar-refractivity contribution < 1.29 is 4.79 Å². The average molecular weight is 361 g/mol. The Balaban J connectivity index is 1.55. The number of carbonyl (C=O) groups is 1. The molecule has 27 heavy (non-hydrogen) atoms. The quantitative estimate of drug-likeness (QED) is 0.717. The molecule has 1 amide bonds. The van der Waals surface area contributed by atoms with Crippen molar-refractivity contribution in [1.82, 2.24) is 14.8 Å². The Hall–Kier alpha value is -2.73. The number of amidine groups is 1. The molecule has 2 atom stereocenters. The van der Waals surface area contributed by atoms with Crippen LogP contribution in [0.15, 0.2) is 70.1 Å². The van der Waals surface area contributed by atoms with Gasteiger partial charge < -0.3 is 9.80 Å². The summed E-state index contributed by atoms with van der Waals surface area (Å²) in [5.41, 5.74) is 1.86. The van der Waals surface area contributed by atoms with Crippen molar-refractivity contribution in [2.24, 2.45) is 21.9 Å². The fourth-order valence-electron chi connectivity index (χ4n) is 4.23. The Morgan fingerprint density at radius 1 is 1.00 bits per heavy atom. The average Bonchev–Trinajstić information content (AvgIpc) is 2.74. The van der Waals surface area contributed by atoms with Crippen LogP contribution in [-0.4, -0.2) is 65.0 Å². The van der Waals surface area contributed by atoms with Crippen molar-refractivity contribution in [2.75, 3.05) is 32.7 Å². The van der Waals surface area contributed by atoms with Gasteiger partial charge in [0.15, 0.2) is 5.82 Å². The minimum absolute atomic E-state index is 0.0193. The highest BCUT2D eigenvalue weighted by Crippen LogP contribution is 2.36. The summed E-state index contributed by atoms with van der Waals surface area (Å²) in [6.07, 6.45) is 16.0. The third-order valence-electron chi connectivity index (χ3n) is 5.82. The van der Waals surface area contributed by atoms with Gasteiger partial charge in [0.25, 0.3) is 5.91 Å². The molecule has 2 unspecified atom stereocenters. The normalized spacial score (nSPS) is 29.4. The van der Waals surface area contributed by atoms with Crippen molar-refractivity contribution in [3.8, 4) is 0 Å². The molecule has 0 radical (unpaired) electrons. The molecule has 0 bridgehead atoms. The molecule has 0 spiro atoms. The van der Waals surface area contributed by atoms with Crippen LogP contribution in [0.4, 0.5) is 0 Å². The van der Waals surface area contributed by atoms with Gasteiger partial charge in [-0.1, -0.05) is 49.5 Å². The molecule has 3 heterocycles. The minimum Gasteiger partial charge on any atom is -0.355 e. The van der Waals surface area contributed by atoms with Crippen LogP contribution < -0.4 is 0 Å². The molecule has 1 fully saturated rings. The van der Waals surface area contributed by atoms with E-state index in [0.717, 1.165) is 49.8 Å². The number of hydrazone groups is 1. The van der Waals surface area contributed by atoms with Gasteiger partial charge in [-0.2, -0.15) is 5.01 Å². The van der Waals surface area contributed by atoms with Gasteiger partial charge in [-0.15, -0.1) is 5.10 Å². The lowest BCUT2D eigenvalue weighted by atomic mass is 9.89. The summed E-state index contributed by atoms with van der Waals surface area (Å²) in [5.74, 6) is 1.35. The van der Waals surface area contributed by atoms with Gasteiger partial charge in [0.1, 0.15) is 11.8 Å². The predicted molar refractivity (Wildman–Crippen MR) is 106 cm³/mol. The SMILES string of the molecule is CCN1CCN(C2=NN3C(=O)C4C=CC=CC4=NC3=C3C=CC=CC23)CC1. The molecule has 0 aromatic heterocycles. The van der Waals surface area contributed by atoms with E-state index in [9.17, 15) is 4.79 Å². The van der Waals surface area contributed by atoms with Crippen molar-refractivity contribution in [2.45, 2.75) is 6.92 Å². The minimum atomic E-state index is -0.332. The van der Waals surface area contributed by atoms with Gasteiger partial charge in [0.2, 0.25) is 0 Å². The highest BCUT2D eigenvalue weighted by molar-refractivity contribution is 6.15. The molecule has 1 saturated heterocycles. The lowest BCUT2D eigenvalue weighted by Gasteiger charge is -2.42. The summed E-state index contributed by atoms with van der Waals surface area (Å²) in [6.45, 7) is 7.20. The first kappa shape index (κ1) is 16.4. The number of hydrogen-bond donors (Lipinski definition) is 0. The molecule has 0 aromatic carbocycles. The molecule has 5 aliphatic rings. The van der Waals surface area contributed by atoms with Crippen molar-refractivity contribution in [3.05, 3.63) is 60.0 Å². The first-order valence-electron chi connectivity index (χ1n) is 9.68. The molecule has 0 aromatic rings. The Morgan fingerprint density at radius 3 is 2.52 bits per heavy atom. The Morgan fingerprint density at radius 2 is 1.74 bits per heavy atom. The zero-order chi connectivity index (χ0) is 18.4. The van der Waals surface area contributed by atoms with E-state index in [4.69, 9.17) is 10.1 Å². The van der Waals surface area contributed by atoms with E-state index >= 15 is 0 Å². The molecular weight excluding hydrogens is 338 g/mol. The number of allylic oxidation sites excluding steroid dienone is 6. The molecule has 6 heteroatoms. The highest BCUT2D eigenvalue weighted by Gasteiger charge is 2.41. The van der Waals surface area contributed by atoms with E-state index in [1.807, 2.05) is 30.4 Å². The number of nitrogens with zero attached hydrogens (tertiary/aromatic N) is 5. The fourth-order valence-corrected chi connectivity index (χ4v) is 4.23. The zero-order valence-electron chi connectivity index (χ0n) is 15.5. The van der Waals surface area contributed by atoms with Crippen LogP contribution in [-0.2, 0) is 4.79 Å². The van der Waals surface area contributed by atoms with E-state index in [0.29, 0.717) is 5.82 Å². The van der Waals surface area contributed by atoms with Crippen molar-refractivity contribution in [1.29, 1.82) is 0 Å². The third kappa shape index (κ3) is 2.63. The number of aliphatic imine (C=N–C) groups is 1. The van der Waals surface area contributed by atoms with Crippen LogP contribution in [0.3, 0.4) is 0 Å². The molecule has 6 nitrogen and oxygen atoms in total. The van der Waals surface area contributed by atoms with E-state index in [1.54, 1.807) is 0 Å². The molecule has 5 rings (SSSR count). The second-order valence-electron chi connectivity index (χ2n) is 7.29. The van der Waals surface area contributed by atoms with E-state index in [1.165, 1.54) is 5.01 Å². The van der Waals surface area contributed by atoms with Crippen LogP contribution in [0.1, 0.15) is 6.92 Å². The van der Waals surface area contributed by atoms with Gasteiger partial charge in [-0.25, -0.2) is 4.99 Å². The maximum Gasteiger partial charge on any atom is 0.261 e. The topological polar surface area (TPSA) is 51.5 Å². The summed E-state index contributed by atoms with van der Waals surface area (Å²) in [4.78, 5) is 22.7. The van der Waals surface area contributed by atoms with E-state index in [-0.39, 0.29) is 17.7 Å². The number of carbonyl (C=O) groups excluding carboxylic acids is 1. The summed E-state index contributed by atoms with van der Waals surface area (Å²) < 4.78 is 0. The Labute approximate surface area is 159 Å². The number of likely N-dealkylation sites (N-methyl/N-ethyl adjacent to an activating group) is 1. The molecule has 0 N–H and O–H groups in total. The maximum absolute atomic E-state index is 13.1. The molecule has 138 valence electrons. The van der Waals surface area contributed by atoms with Gasteiger partial charge >= 0.3 is 0 Å². The van der Waals surface area contributed by atoms with Crippen LogP contribution >= 0.6 is 0 Å². The first-order chi connectivity index (χ1) is 13.3. The third-order valence-corrected chi connectivity index (χ3v) is 5.82. The molecule has 0 saturated carbocycles. The van der Waals surface area contributed by atoms with Crippen LogP contribution in [0.5, 0.6) is 0 Å². The first-order valence-corrected chi connectivity index (χ1v) is 9.68. The maximum atomic E-state index is 13.1. The predicted octanol–water partition coefficient (Wildman–Crippen LogP) is 1.93. The van der Waals surface area contributed by atoms with Crippen molar-refractivity contribution in [3.63, 3.8) is 0 Å². The van der Waals surface area contributed by atoms with Crippen LogP contribution in [0.2, 0.25) is 0 Å². The monoisotopic (exact) mass is 361 g/mol. The second-order valence-corrected chi connectivity index (χ2v) is 7.29. The Bertz CT molecular complexity index is 880. The van der Waals surface area contributed by atoms with Crippen LogP contribution in [0, 0.1) is 11.8 Å². The molecule has 2 aliphatic carbocycles. The standard InChI is InChI=1S/C21H23N5O/c1-2-24-11-13-25(14-12-24)20-16-8-4-3-7-15(16)19-22-18-10-6-5-9-17(18)21(27)26(19)23-20/h3-10,16-17H,2,11-14H2,1H3. The zero-order valence-corrected chi connectivity index (χ0v) is 15.5.